The molecule has 8 heteroatoms. The van der Waals surface area contributed by atoms with Crippen LogP contribution < -0.4 is 14.2 Å². The lowest BCUT2D eigenvalue weighted by molar-refractivity contribution is -0.262. The molecule has 33 heavy (non-hydrogen) atoms. The van der Waals surface area contributed by atoms with Gasteiger partial charge in [-0.2, -0.15) is 0 Å². The fraction of sp³-hybridized carbons (Fsp3) is 0.760. The maximum Gasteiger partial charge on any atom is 0.469 e. The summed E-state index contributed by atoms with van der Waals surface area (Å²) in [6.07, 6.45) is 4.97. The highest BCUT2D eigenvalue weighted by Gasteiger charge is 2.76. The molecule has 5 unspecified atom stereocenters. The van der Waals surface area contributed by atoms with Crippen molar-refractivity contribution in [3.05, 3.63) is 17.7 Å². The SMILES string of the molecule is CCOc1ccc(OC)c(C23C(OP(=O)(O)O)C4C[C@@H]5C6CC(C[C@@H]2[C@H]6C4)C[C@@H]53)c1OCC. The molecule has 1 aromatic carbocycles. The van der Waals surface area contributed by atoms with Crippen LogP contribution in [0.4, 0.5) is 0 Å². The van der Waals surface area contributed by atoms with Crippen LogP contribution in [0.15, 0.2) is 12.1 Å². The van der Waals surface area contributed by atoms with Crippen LogP contribution >= 0.6 is 7.82 Å². The van der Waals surface area contributed by atoms with Crippen molar-refractivity contribution < 1.29 is 33.1 Å². The third-order valence-electron chi connectivity index (χ3n) is 9.77. The van der Waals surface area contributed by atoms with E-state index >= 15 is 0 Å². The molecule has 182 valence electrons. The van der Waals surface area contributed by atoms with Gasteiger partial charge in [-0.25, -0.2) is 4.57 Å². The van der Waals surface area contributed by atoms with E-state index in [4.69, 9.17) is 18.7 Å². The van der Waals surface area contributed by atoms with E-state index in [9.17, 15) is 14.4 Å². The molecule has 8 bridgehead atoms. The second-order valence-electron chi connectivity index (χ2n) is 10.8. The summed E-state index contributed by atoms with van der Waals surface area (Å²) in [6.45, 7) is 4.88. The Morgan fingerprint density at radius 2 is 1.58 bits per heavy atom. The summed E-state index contributed by atoms with van der Waals surface area (Å²) in [7, 11) is -3.02. The summed E-state index contributed by atoms with van der Waals surface area (Å²) < 4.78 is 36.4. The molecule has 0 radical (unpaired) electrons. The maximum absolute atomic E-state index is 12.3. The molecule has 0 heterocycles. The summed E-state index contributed by atoms with van der Waals surface area (Å²) in [4.78, 5) is 20.1. The lowest BCUT2D eigenvalue weighted by Crippen LogP contribution is -2.75. The van der Waals surface area contributed by atoms with E-state index in [-0.39, 0.29) is 5.92 Å². The van der Waals surface area contributed by atoms with E-state index in [2.05, 4.69) is 0 Å². The third kappa shape index (κ3) is 2.95. The van der Waals surface area contributed by atoms with Crippen LogP contribution in [0.5, 0.6) is 17.2 Å². The number of phosphoric acid groups is 1. The average Bonchev–Trinajstić information content (AvgIpc) is 2.78. The Kier molecular flexibility index (Phi) is 5.12. The molecule has 7 saturated carbocycles. The van der Waals surface area contributed by atoms with Gasteiger partial charge in [0, 0.05) is 11.0 Å². The first kappa shape index (κ1) is 22.2. The number of hydrogen-bond donors (Lipinski definition) is 2. The predicted molar refractivity (Wildman–Crippen MR) is 121 cm³/mol. The number of phosphoric ester groups is 1. The predicted octanol–water partition coefficient (Wildman–Crippen LogP) is 4.54. The van der Waals surface area contributed by atoms with E-state index in [1.54, 1.807) is 7.11 Å². The molecule has 0 aromatic heterocycles. The maximum atomic E-state index is 12.3. The number of methoxy groups -OCH3 is 1. The Bertz CT molecular complexity index is 965. The van der Waals surface area contributed by atoms with E-state index < -0.39 is 19.3 Å². The van der Waals surface area contributed by atoms with Crippen molar-refractivity contribution in [2.45, 2.75) is 57.5 Å². The number of ether oxygens (including phenoxy) is 3. The number of rotatable bonds is 8. The van der Waals surface area contributed by atoms with Gasteiger partial charge in [0.2, 0.25) is 0 Å². The van der Waals surface area contributed by atoms with Gasteiger partial charge in [0.15, 0.2) is 11.5 Å². The van der Waals surface area contributed by atoms with E-state index in [1.165, 1.54) is 6.42 Å². The monoisotopic (exact) mass is 478 g/mol. The van der Waals surface area contributed by atoms with Gasteiger partial charge in [0.1, 0.15) is 5.75 Å². The minimum atomic E-state index is -4.69. The molecule has 1 aromatic rings. The second-order valence-corrected chi connectivity index (χ2v) is 12.0. The average molecular weight is 479 g/mol. The van der Waals surface area contributed by atoms with E-state index in [0.29, 0.717) is 60.1 Å². The van der Waals surface area contributed by atoms with Crippen LogP contribution in [-0.4, -0.2) is 36.2 Å². The first-order valence-electron chi connectivity index (χ1n) is 12.5. The smallest absolute Gasteiger partial charge is 0.469 e. The summed E-state index contributed by atoms with van der Waals surface area (Å²) in [5.74, 6) is 5.42. The minimum absolute atomic E-state index is 0.140. The van der Waals surface area contributed by atoms with Crippen LogP contribution in [0, 0.1) is 41.4 Å². The van der Waals surface area contributed by atoms with Gasteiger partial charge in [-0.15, -0.1) is 0 Å². The Hall–Kier alpha value is -1.27. The molecule has 7 nitrogen and oxygen atoms in total. The lowest BCUT2D eigenvalue weighted by atomic mass is 9.29. The van der Waals surface area contributed by atoms with Crippen LogP contribution in [0.25, 0.3) is 0 Å². The van der Waals surface area contributed by atoms with Gasteiger partial charge < -0.3 is 24.0 Å². The zero-order chi connectivity index (χ0) is 23.1. The van der Waals surface area contributed by atoms with Crippen LogP contribution in [-0.2, 0) is 14.5 Å². The molecule has 7 aliphatic rings. The summed E-state index contributed by atoms with van der Waals surface area (Å²) >= 11 is 0. The normalized spacial score (nSPS) is 42.1. The van der Waals surface area contributed by atoms with Crippen molar-refractivity contribution in [2.24, 2.45) is 41.4 Å². The Morgan fingerprint density at radius 3 is 2.15 bits per heavy atom. The number of benzene rings is 1. The van der Waals surface area contributed by atoms with Crippen molar-refractivity contribution in [3.8, 4) is 17.2 Å². The summed E-state index contributed by atoms with van der Waals surface area (Å²) in [5, 5.41) is 0. The zero-order valence-electron chi connectivity index (χ0n) is 19.6. The van der Waals surface area contributed by atoms with Gasteiger partial charge >= 0.3 is 7.82 Å². The molecule has 0 spiro atoms. The van der Waals surface area contributed by atoms with Gasteiger partial charge in [-0.05, 0) is 99.5 Å². The van der Waals surface area contributed by atoms with Gasteiger partial charge in [0.05, 0.1) is 26.4 Å². The van der Waals surface area contributed by atoms with E-state index in [1.807, 2.05) is 26.0 Å². The van der Waals surface area contributed by atoms with Crippen molar-refractivity contribution in [1.29, 1.82) is 0 Å². The standard InChI is InChI=1S/C25H35O7P/c1-4-30-21-7-6-20(29-3)22(23(21)31-5-2)25-18-9-13-8-15-16(18)11-14(12-17(15)19(25)10-13)24(25)32-33(26,27)28/h6-7,13-19,24H,4-5,8-12H2,1-3H3,(H2,26,27,28)/t13?,14?,15?,16-,17+,18+,19-,24?,25?. The minimum Gasteiger partial charge on any atom is -0.496 e. The third-order valence-corrected chi connectivity index (χ3v) is 10.3. The molecule has 0 amide bonds. The molecule has 7 fully saturated rings. The van der Waals surface area contributed by atoms with Crippen molar-refractivity contribution >= 4 is 7.82 Å². The van der Waals surface area contributed by atoms with Gasteiger partial charge in [-0.3, -0.25) is 4.52 Å². The van der Waals surface area contributed by atoms with Crippen LogP contribution in [0.1, 0.15) is 51.5 Å². The molecule has 2 N–H and O–H groups in total. The summed E-state index contributed by atoms with van der Waals surface area (Å²) in [6, 6.07) is 3.83. The molecule has 8 rings (SSSR count). The molecule has 7 aliphatic carbocycles. The fourth-order valence-corrected chi connectivity index (χ4v) is 10.1. The molecule has 0 saturated heterocycles. The molecule has 0 aliphatic heterocycles. The molecular weight excluding hydrogens is 443 g/mol. The summed E-state index contributed by atoms with van der Waals surface area (Å²) in [5.41, 5.74) is 0.401. The topological polar surface area (TPSA) is 94.5 Å². The second kappa shape index (κ2) is 7.61. The van der Waals surface area contributed by atoms with Crippen molar-refractivity contribution in [1.82, 2.24) is 0 Å². The Balaban J connectivity index is 1.63. The van der Waals surface area contributed by atoms with Gasteiger partial charge in [-0.1, -0.05) is 0 Å². The first-order valence-corrected chi connectivity index (χ1v) is 14.1. The zero-order valence-corrected chi connectivity index (χ0v) is 20.5. The van der Waals surface area contributed by atoms with E-state index in [0.717, 1.165) is 37.2 Å². The highest BCUT2D eigenvalue weighted by Crippen LogP contribution is 2.78. The Morgan fingerprint density at radius 1 is 0.939 bits per heavy atom. The van der Waals surface area contributed by atoms with Crippen molar-refractivity contribution in [2.75, 3.05) is 20.3 Å². The quantitative estimate of drug-likeness (QED) is 0.530. The lowest BCUT2D eigenvalue weighted by Gasteiger charge is -2.76. The Labute approximate surface area is 195 Å². The van der Waals surface area contributed by atoms with Crippen LogP contribution in [0.3, 0.4) is 0 Å². The highest BCUT2D eigenvalue weighted by molar-refractivity contribution is 7.46. The largest absolute Gasteiger partial charge is 0.496 e. The van der Waals surface area contributed by atoms with Gasteiger partial charge in [0.25, 0.3) is 0 Å². The van der Waals surface area contributed by atoms with Crippen LogP contribution in [0.2, 0.25) is 0 Å². The fourth-order valence-electron chi connectivity index (χ4n) is 9.43. The number of hydrogen-bond acceptors (Lipinski definition) is 5. The van der Waals surface area contributed by atoms with Crippen molar-refractivity contribution in [3.63, 3.8) is 0 Å². The first-order chi connectivity index (χ1) is 15.8. The highest BCUT2D eigenvalue weighted by atomic mass is 31.2. The molecular formula is C25H35O7P. The molecule has 9 atom stereocenters.